The Kier molecular flexibility index (Phi) is 1.32. The molecule has 0 amide bonds. The maximum atomic E-state index is 8.94. The van der Waals surface area contributed by atoms with Crippen molar-refractivity contribution in [3.05, 3.63) is 12.3 Å². The predicted octanol–water partition coefficient (Wildman–Crippen LogP) is 0.0302. The lowest BCUT2D eigenvalue weighted by Crippen LogP contribution is -2.24. The van der Waals surface area contributed by atoms with E-state index >= 15 is 0 Å². The minimum absolute atomic E-state index is 0.0972. The molecular weight excluding hydrogens is 118 g/mol. The first-order chi connectivity index (χ1) is 4.22. The SMILES string of the molecule is CN(N)c1cc[nH]c1O. The second kappa shape index (κ2) is 1.99. The third-order valence-electron chi connectivity index (χ3n) is 1.08. The summed E-state index contributed by atoms with van der Waals surface area (Å²) >= 11 is 0. The number of aromatic amines is 1. The Labute approximate surface area is 52.9 Å². The van der Waals surface area contributed by atoms with Crippen molar-refractivity contribution in [3.8, 4) is 5.88 Å². The molecule has 0 radical (unpaired) electrons. The monoisotopic (exact) mass is 127 g/mol. The molecule has 0 aliphatic rings. The Hall–Kier alpha value is -1.16. The summed E-state index contributed by atoms with van der Waals surface area (Å²) in [5, 5.41) is 10.3. The van der Waals surface area contributed by atoms with E-state index in [1.165, 1.54) is 5.01 Å². The maximum absolute atomic E-state index is 8.94. The number of hydrogen-bond donors (Lipinski definition) is 3. The molecule has 0 aliphatic carbocycles. The highest BCUT2D eigenvalue weighted by Crippen LogP contribution is 2.20. The van der Waals surface area contributed by atoms with Crippen LogP contribution in [0.2, 0.25) is 0 Å². The van der Waals surface area contributed by atoms with Gasteiger partial charge in [0.15, 0.2) is 0 Å². The first-order valence-corrected chi connectivity index (χ1v) is 2.56. The Morgan fingerprint density at radius 3 is 2.67 bits per heavy atom. The maximum Gasteiger partial charge on any atom is 0.214 e. The average molecular weight is 127 g/mol. The summed E-state index contributed by atoms with van der Waals surface area (Å²) < 4.78 is 0. The number of hydrogen-bond acceptors (Lipinski definition) is 3. The van der Waals surface area contributed by atoms with E-state index in [1.807, 2.05) is 0 Å². The van der Waals surface area contributed by atoms with Gasteiger partial charge in [0, 0.05) is 13.2 Å². The van der Waals surface area contributed by atoms with Crippen LogP contribution >= 0.6 is 0 Å². The highest BCUT2D eigenvalue weighted by atomic mass is 16.3. The van der Waals surface area contributed by atoms with Gasteiger partial charge in [0.25, 0.3) is 0 Å². The average Bonchev–Trinajstić information content (AvgIpc) is 2.13. The molecule has 50 valence electrons. The number of nitrogens with one attached hydrogen (secondary N) is 1. The molecule has 0 spiro atoms. The molecule has 1 aromatic heterocycles. The van der Waals surface area contributed by atoms with Crippen molar-refractivity contribution in [2.24, 2.45) is 5.84 Å². The van der Waals surface area contributed by atoms with E-state index < -0.39 is 0 Å². The lowest BCUT2D eigenvalue weighted by molar-refractivity contribution is 0.457. The van der Waals surface area contributed by atoms with Gasteiger partial charge >= 0.3 is 0 Å². The van der Waals surface area contributed by atoms with E-state index in [1.54, 1.807) is 19.3 Å². The zero-order valence-corrected chi connectivity index (χ0v) is 5.13. The van der Waals surface area contributed by atoms with Gasteiger partial charge in [-0.1, -0.05) is 0 Å². The highest BCUT2D eigenvalue weighted by Gasteiger charge is 2.01. The molecule has 0 saturated heterocycles. The third kappa shape index (κ3) is 0.972. The summed E-state index contributed by atoms with van der Waals surface area (Å²) in [6.07, 6.45) is 1.62. The van der Waals surface area contributed by atoms with Crippen LogP contribution in [0.15, 0.2) is 12.3 Å². The number of hydrazine groups is 1. The van der Waals surface area contributed by atoms with Gasteiger partial charge in [0.1, 0.15) is 5.69 Å². The van der Waals surface area contributed by atoms with Crippen LogP contribution < -0.4 is 10.9 Å². The smallest absolute Gasteiger partial charge is 0.214 e. The standard InChI is InChI=1S/C5H9N3O/c1-8(6)4-2-3-7-5(4)9/h2-3,7,9H,6H2,1H3. The summed E-state index contributed by atoms with van der Waals surface area (Å²) in [5.41, 5.74) is 0.593. The number of H-pyrrole nitrogens is 1. The molecule has 0 saturated carbocycles. The fourth-order valence-corrected chi connectivity index (χ4v) is 0.637. The van der Waals surface area contributed by atoms with Gasteiger partial charge in [0.05, 0.1) is 0 Å². The first kappa shape index (κ1) is 5.97. The van der Waals surface area contributed by atoms with Crippen LogP contribution in [0.5, 0.6) is 5.88 Å². The highest BCUT2D eigenvalue weighted by molar-refractivity contribution is 5.52. The van der Waals surface area contributed by atoms with Gasteiger partial charge in [-0.2, -0.15) is 0 Å². The molecule has 0 bridgehead atoms. The largest absolute Gasteiger partial charge is 0.493 e. The van der Waals surface area contributed by atoms with Crippen molar-refractivity contribution in [1.29, 1.82) is 0 Å². The molecule has 1 heterocycles. The quantitative estimate of drug-likeness (QED) is 0.368. The number of aromatic hydroxyl groups is 1. The van der Waals surface area contributed by atoms with Crippen LogP contribution in [0.3, 0.4) is 0 Å². The predicted molar refractivity (Wildman–Crippen MR) is 35.0 cm³/mol. The second-order valence-electron chi connectivity index (χ2n) is 1.82. The summed E-state index contributed by atoms with van der Waals surface area (Å²) in [4.78, 5) is 2.58. The molecule has 0 aliphatic heterocycles. The van der Waals surface area contributed by atoms with Gasteiger partial charge in [-0.25, -0.2) is 5.84 Å². The molecule has 0 aromatic carbocycles. The van der Waals surface area contributed by atoms with Crippen molar-refractivity contribution in [2.75, 3.05) is 12.1 Å². The number of nitrogens with two attached hydrogens (primary N) is 1. The normalized spacial score (nSPS) is 9.56. The van der Waals surface area contributed by atoms with Gasteiger partial charge in [-0.05, 0) is 6.07 Å². The third-order valence-corrected chi connectivity index (χ3v) is 1.08. The lowest BCUT2D eigenvalue weighted by atomic mass is 10.5. The van der Waals surface area contributed by atoms with Gasteiger partial charge in [-0.15, -0.1) is 0 Å². The molecule has 4 nitrogen and oxygen atoms in total. The lowest BCUT2D eigenvalue weighted by Gasteiger charge is -2.08. The summed E-state index contributed by atoms with van der Waals surface area (Å²) in [6, 6.07) is 1.69. The molecule has 0 unspecified atom stereocenters. The van der Waals surface area contributed by atoms with E-state index in [4.69, 9.17) is 10.9 Å². The van der Waals surface area contributed by atoms with E-state index in [2.05, 4.69) is 4.98 Å². The van der Waals surface area contributed by atoms with Crippen LogP contribution in [0.4, 0.5) is 5.69 Å². The fraction of sp³-hybridized carbons (Fsp3) is 0.200. The Morgan fingerprint density at radius 1 is 1.78 bits per heavy atom. The van der Waals surface area contributed by atoms with Crippen LogP contribution in [0.1, 0.15) is 0 Å². The minimum atomic E-state index is 0.0972. The van der Waals surface area contributed by atoms with E-state index in [9.17, 15) is 0 Å². The molecule has 9 heavy (non-hydrogen) atoms. The van der Waals surface area contributed by atoms with Gasteiger partial charge in [-0.3, -0.25) is 0 Å². The molecule has 4 N–H and O–H groups in total. The van der Waals surface area contributed by atoms with Crippen LogP contribution in [0, 0.1) is 0 Å². The van der Waals surface area contributed by atoms with E-state index in [0.29, 0.717) is 5.69 Å². The fourth-order valence-electron chi connectivity index (χ4n) is 0.637. The number of nitrogens with zero attached hydrogens (tertiary/aromatic N) is 1. The van der Waals surface area contributed by atoms with Crippen molar-refractivity contribution in [2.45, 2.75) is 0 Å². The molecular formula is C5H9N3O. The molecule has 4 heteroatoms. The van der Waals surface area contributed by atoms with Crippen LogP contribution in [-0.2, 0) is 0 Å². The first-order valence-electron chi connectivity index (χ1n) is 2.56. The van der Waals surface area contributed by atoms with E-state index in [0.717, 1.165) is 0 Å². The van der Waals surface area contributed by atoms with Gasteiger partial charge < -0.3 is 15.1 Å². The molecule has 1 rings (SSSR count). The van der Waals surface area contributed by atoms with Crippen LogP contribution in [-0.4, -0.2) is 17.1 Å². The summed E-state index contributed by atoms with van der Waals surface area (Å²) in [6.45, 7) is 0. The van der Waals surface area contributed by atoms with Crippen molar-refractivity contribution in [1.82, 2.24) is 4.98 Å². The number of aromatic nitrogens is 1. The molecule has 0 fully saturated rings. The minimum Gasteiger partial charge on any atom is -0.493 e. The van der Waals surface area contributed by atoms with Gasteiger partial charge in [0.2, 0.25) is 5.88 Å². The second-order valence-corrected chi connectivity index (χ2v) is 1.82. The Bertz CT molecular complexity index is 194. The topological polar surface area (TPSA) is 65.3 Å². The Morgan fingerprint density at radius 2 is 2.44 bits per heavy atom. The zero-order chi connectivity index (χ0) is 6.85. The number of anilines is 1. The summed E-state index contributed by atoms with van der Waals surface area (Å²) in [5.74, 6) is 5.41. The summed E-state index contributed by atoms with van der Waals surface area (Å²) in [7, 11) is 1.66. The zero-order valence-electron chi connectivity index (χ0n) is 5.13. The van der Waals surface area contributed by atoms with E-state index in [-0.39, 0.29) is 5.88 Å². The van der Waals surface area contributed by atoms with Crippen molar-refractivity contribution >= 4 is 5.69 Å². The van der Waals surface area contributed by atoms with Crippen molar-refractivity contribution in [3.63, 3.8) is 0 Å². The van der Waals surface area contributed by atoms with Crippen LogP contribution in [0.25, 0.3) is 0 Å². The van der Waals surface area contributed by atoms with Crippen molar-refractivity contribution < 1.29 is 5.11 Å². The Balaban J connectivity index is 2.94. The molecule has 0 atom stereocenters. The molecule has 1 aromatic rings. The number of rotatable bonds is 1.